The summed E-state index contributed by atoms with van der Waals surface area (Å²) in [5.41, 5.74) is 1.01. The second kappa shape index (κ2) is 2.87. The van der Waals surface area contributed by atoms with Crippen molar-refractivity contribution in [1.29, 1.82) is 0 Å². The minimum Gasteiger partial charge on any atom is -0.355 e. The number of carbonyl (C=O) groups is 1. The van der Waals surface area contributed by atoms with E-state index >= 15 is 0 Å². The second-order valence-corrected chi connectivity index (χ2v) is 3.60. The number of amides is 1. The minimum absolute atomic E-state index is 0.0508. The van der Waals surface area contributed by atoms with Crippen LogP contribution in [0.15, 0.2) is 12.5 Å². The van der Waals surface area contributed by atoms with Crippen molar-refractivity contribution in [3.05, 3.63) is 18.2 Å². The fraction of sp³-hybridized carbons (Fsp3) is 0.556. The molecule has 13 heavy (non-hydrogen) atoms. The third kappa shape index (κ3) is 1.32. The number of carbonyl (C=O) groups excluding carboxylic acids is 1. The van der Waals surface area contributed by atoms with Gasteiger partial charge in [-0.1, -0.05) is 6.92 Å². The average Bonchev–Trinajstić information content (AvgIpc) is 2.62. The Balaban J connectivity index is 2.23. The molecule has 1 aromatic heterocycles. The van der Waals surface area contributed by atoms with Gasteiger partial charge in [-0.2, -0.15) is 0 Å². The molecule has 0 bridgehead atoms. The molecule has 0 radical (unpaired) electrons. The molecule has 0 aromatic carbocycles. The zero-order valence-electron chi connectivity index (χ0n) is 7.82. The molecular formula is C9H13N3O. The summed E-state index contributed by atoms with van der Waals surface area (Å²) in [5.74, 6) is 0.430. The highest BCUT2D eigenvalue weighted by Gasteiger charge is 2.32. The molecule has 2 unspecified atom stereocenters. The van der Waals surface area contributed by atoms with Crippen LogP contribution in [-0.2, 0) is 11.8 Å². The number of rotatable bonds is 1. The molecule has 1 fully saturated rings. The first kappa shape index (κ1) is 8.29. The summed E-state index contributed by atoms with van der Waals surface area (Å²) in [5, 5.41) is 2.84. The van der Waals surface area contributed by atoms with Crippen LogP contribution in [0.25, 0.3) is 0 Å². The minimum atomic E-state index is 0.0508. The summed E-state index contributed by atoms with van der Waals surface area (Å²) in [4.78, 5) is 15.5. The molecule has 1 N–H and O–H groups in total. The van der Waals surface area contributed by atoms with Crippen molar-refractivity contribution in [2.75, 3.05) is 6.54 Å². The van der Waals surface area contributed by atoms with Gasteiger partial charge in [-0.05, 0) is 0 Å². The Bertz CT molecular complexity index is 331. The van der Waals surface area contributed by atoms with Gasteiger partial charge in [0, 0.05) is 31.6 Å². The third-order valence-electron chi connectivity index (χ3n) is 2.62. The van der Waals surface area contributed by atoms with E-state index in [1.165, 1.54) is 0 Å². The van der Waals surface area contributed by atoms with E-state index in [0.717, 1.165) is 12.2 Å². The molecule has 1 amide bonds. The maximum Gasteiger partial charge on any atom is 0.223 e. The predicted molar refractivity (Wildman–Crippen MR) is 48.1 cm³/mol. The number of hydrogen-bond acceptors (Lipinski definition) is 2. The van der Waals surface area contributed by atoms with Crippen molar-refractivity contribution >= 4 is 5.91 Å². The van der Waals surface area contributed by atoms with Gasteiger partial charge in [-0.25, -0.2) is 4.98 Å². The monoisotopic (exact) mass is 179 g/mol. The number of nitrogens with one attached hydrogen (secondary N) is 1. The lowest BCUT2D eigenvalue weighted by atomic mass is 9.95. The Hall–Kier alpha value is -1.32. The van der Waals surface area contributed by atoms with Crippen molar-refractivity contribution in [3.8, 4) is 0 Å². The van der Waals surface area contributed by atoms with Crippen LogP contribution >= 0.6 is 0 Å². The van der Waals surface area contributed by atoms with Gasteiger partial charge in [0.05, 0.1) is 12.0 Å². The second-order valence-electron chi connectivity index (χ2n) is 3.60. The van der Waals surface area contributed by atoms with Crippen LogP contribution in [0.5, 0.6) is 0 Å². The Morgan fingerprint density at radius 3 is 2.92 bits per heavy atom. The smallest absolute Gasteiger partial charge is 0.223 e. The van der Waals surface area contributed by atoms with Crippen LogP contribution < -0.4 is 5.32 Å². The molecule has 70 valence electrons. The highest BCUT2D eigenvalue weighted by molar-refractivity contribution is 5.81. The van der Waals surface area contributed by atoms with E-state index in [0.29, 0.717) is 0 Å². The Morgan fingerprint density at radius 2 is 2.46 bits per heavy atom. The zero-order valence-corrected chi connectivity index (χ0v) is 7.82. The lowest BCUT2D eigenvalue weighted by Crippen LogP contribution is -2.16. The van der Waals surface area contributed by atoms with Crippen molar-refractivity contribution in [2.24, 2.45) is 13.0 Å². The number of nitrogens with zero attached hydrogens (tertiary/aromatic N) is 2. The molecule has 2 heterocycles. The highest BCUT2D eigenvalue weighted by Crippen LogP contribution is 2.26. The molecule has 4 heteroatoms. The number of imidazole rings is 1. The fourth-order valence-corrected chi connectivity index (χ4v) is 1.72. The molecule has 2 atom stereocenters. The molecule has 0 saturated carbocycles. The quantitative estimate of drug-likeness (QED) is 0.672. The summed E-state index contributed by atoms with van der Waals surface area (Å²) in [6.45, 7) is 2.67. The third-order valence-corrected chi connectivity index (χ3v) is 2.62. The summed E-state index contributed by atoms with van der Waals surface area (Å²) in [6, 6.07) is 0. The van der Waals surface area contributed by atoms with Crippen LogP contribution in [0.3, 0.4) is 0 Å². The topological polar surface area (TPSA) is 46.9 Å². The molecule has 1 aliphatic rings. The lowest BCUT2D eigenvalue weighted by Gasteiger charge is -2.07. The van der Waals surface area contributed by atoms with Gasteiger partial charge >= 0.3 is 0 Å². The average molecular weight is 179 g/mol. The summed E-state index contributed by atoms with van der Waals surface area (Å²) < 4.78 is 1.91. The Labute approximate surface area is 77.0 Å². The highest BCUT2D eigenvalue weighted by atomic mass is 16.2. The van der Waals surface area contributed by atoms with Crippen LogP contribution in [0.4, 0.5) is 0 Å². The van der Waals surface area contributed by atoms with E-state index in [-0.39, 0.29) is 17.7 Å². The first-order valence-corrected chi connectivity index (χ1v) is 4.44. The fourth-order valence-electron chi connectivity index (χ4n) is 1.72. The molecule has 2 rings (SSSR count). The van der Waals surface area contributed by atoms with Gasteiger partial charge in [-0.3, -0.25) is 4.79 Å². The molecule has 4 nitrogen and oxygen atoms in total. The molecular weight excluding hydrogens is 166 g/mol. The van der Waals surface area contributed by atoms with Gasteiger partial charge in [0.15, 0.2) is 0 Å². The number of hydrogen-bond donors (Lipinski definition) is 1. The SMILES string of the molecule is CC1C(=O)NCC1c1cn(C)cn1. The largest absolute Gasteiger partial charge is 0.355 e. The van der Waals surface area contributed by atoms with Crippen molar-refractivity contribution in [3.63, 3.8) is 0 Å². The van der Waals surface area contributed by atoms with E-state index in [4.69, 9.17) is 0 Å². The molecule has 1 aromatic rings. The Morgan fingerprint density at radius 1 is 1.69 bits per heavy atom. The van der Waals surface area contributed by atoms with Crippen molar-refractivity contribution in [1.82, 2.24) is 14.9 Å². The van der Waals surface area contributed by atoms with Gasteiger partial charge in [0.25, 0.3) is 0 Å². The molecule has 0 aliphatic carbocycles. The number of aromatic nitrogens is 2. The zero-order chi connectivity index (χ0) is 9.42. The molecule has 1 aliphatic heterocycles. The maximum atomic E-state index is 11.2. The van der Waals surface area contributed by atoms with Crippen LogP contribution in [0.1, 0.15) is 18.5 Å². The predicted octanol–water partition coefficient (Wildman–Crippen LogP) is 0.270. The standard InChI is InChI=1S/C9H13N3O/c1-6-7(3-10-9(6)13)8-4-12(2)5-11-8/h4-7H,3H2,1-2H3,(H,10,13). The van der Waals surface area contributed by atoms with Crippen LogP contribution in [0, 0.1) is 5.92 Å². The van der Waals surface area contributed by atoms with Gasteiger partial charge in [0.2, 0.25) is 5.91 Å². The molecule has 0 spiro atoms. The van der Waals surface area contributed by atoms with E-state index in [2.05, 4.69) is 10.3 Å². The molecule has 1 saturated heterocycles. The van der Waals surface area contributed by atoms with Gasteiger partial charge < -0.3 is 9.88 Å². The maximum absolute atomic E-state index is 11.2. The van der Waals surface area contributed by atoms with E-state index in [1.807, 2.05) is 24.7 Å². The van der Waals surface area contributed by atoms with Crippen LogP contribution in [0.2, 0.25) is 0 Å². The van der Waals surface area contributed by atoms with Crippen LogP contribution in [-0.4, -0.2) is 22.0 Å². The lowest BCUT2D eigenvalue weighted by molar-refractivity contribution is -0.122. The Kier molecular flexibility index (Phi) is 1.83. The first-order valence-electron chi connectivity index (χ1n) is 4.44. The summed E-state index contributed by atoms with van der Waals surface area (Å²) >= 11 is 0. The number of aryl methyl sites for hydroxylation is 1. The summed E-state index contributed by atoms with van der Waals surface area (Å²) in [7, 11) is 1.94. The van der Waals surface area contributed by atoms with Gasteiger partial charge in [-0.15, -0.1) is 0 Å². The van der Waals surface area contributed by atoms with E-state index in [1.54, 1.807) is 6.33 Å². The van der Waals surface area contributed by atoms with Crippen molar-refractivity contribution in [2.45, 2.75) is 12.8 Å². The first-order chi connectivity index (χ1) is 6.18. The summed E-state index contributed by atoms with van der Waals surface area (Å²) in [6.07, 6.45) is 3.74. The van der Waals surface area contributed by atoms with E-state index < -0.39 is 0 Å². The van der Waals surface area contributed by atoms with Crippen molar-refractivity contribution < 1.29 is 4.79 Å². The van der Waals surface area contributed by atoms with E-state index in [9.17, 15) is 4.79 Å². The normalized spacial score (nSPS) is 27.7. The van der Waals surface area contributed by atoms with Gasteiger partial charge in [0.1, 0.15) is 0 Å².